The van der Waals surface area contributed by atoms with Crippen molar-refractivity contribution in [2.24, 2.45) is 4.99 Å². The lowest BCUT2D eigenvalue weighted by atomic mass is 10.2. The number of hydrogen-bond acceptors (Lipinski definition) is 3. The monoisotopic (exact) mass is 477 g/mol. The maximum atomic E-state index is 6.15. The van der Waals surface area contributed by atoms with Crippen molar-refractivity contribution in [3.63, 3.8) is 0 Å². The lowest BCUT2D eigenvalue weighted by molar-refractivity contribution is 0.415. The molecule has 0 spiro atoms. The lowest BCUT2D eigenvalue weighted by Gasteiger charge is -2.12. The van der Waals surface area contributed by atoms with Gasteiger partial charge in [-0.05, 0) is 36.2 Å². The van der Waals surface area contributed by atoms with Crippen molar-refractivity contribution in [1.29, 1.82) is 0 Å². The van der Waals surface area contributed by atoms with E-state index < -0.39 is 0 Å². The summed E-state index contributed by atoms with van der Waals surface area (Å²) in [5, 5.41) is 7.23. The first-order valence-electron chi connectivity index (χ1n) is 8.10. The number of methoxy groups -OCH3 is 1. The zero-order chi connectivity index (χ0) is 17.2. The lowest BCUT2D eigenvalue weighted by Crippen LogP contribution is -2.38. The Morgan fingerprint density at radius 1 is 1.24 bits per heavy atom. The number of hydrogen-bond donors (Lipinski definition) is 2. The van der Waals surface area contributed by atoms with Crippen molar-refractivity contribution < 1.29 is 9.15 Å². The van der Waals surface area contributed by atoms with Gasteiger partial charge in [-0.15, -0.1) is 24.0 Å². The van der Waals surface area contributed by atoms with E-state index in [4.69, 9.17) is 20.8 Å². The van der Waals surface area contributed by atoms with Gasteiger partial charge < -0.3 is 19.8 Å². The van der Waals surface area contributed by atoms with Crippen molar-refractivity contribution in [2.75, 3.05) is 20.2 Å². The average Bonchev–Trinajstić information content (AvgIpc) is 3.10. The van der Waals surface area contributed by atoms with Gasteiger partial charge in [-0.3, -0.25) is 0 Å². The molecule has 2 aromatic rings. The second kappa shape index (κ2) is 12.0. The molecule has 0 atom stereocenters. The van der Waals surface area contributed by atoms with Gasteiger partial charge in [0.2, 0.25) is 0 Å². The summed E-state index contributed by atoms with van der Waals surface area (Å²) in [6.07, 6.45) is 3.54. The van der Waals surface area contributed by atoms with Gasteiger partial charge in [0.15, 0.2) is 5.96 Å². The molecule has 0 bridgehead atoms. The largest absolute Gasteiger partial charge is 0.495 e. The van der Waals surface area contributed by atoms with Crippen molar-refractivity contribution in [1.82, 2.24) is 10.6 Å². The van der Waals surface area contributed by atoms with Crippen molar-refractivity contribution >= 4 is 41.5 Å². The van der Waals surface area contributed by atoms with Gasteiger partial charge in [-0.25, -0.2) is 4.99 Å². The minimum Gasteiger partial charge on any atom is -0.495 e. The van der Waals surface area contributed by atoms with E-state index in [1.165, 1.54) is 0 Å². The molecule has 1 aromatic heterocycles. The molecule has 0 saturated carbocycles. The number of guanidine groups is 1. The van der Waals surface area contributed by atoms with E-state index in [0.717, 1.165) is 43.2 Å². The van der Waals surface area contributed by atoms with Crippen LogP contribution in [0.4, 0.5) is 0 Å². The zero-order valence-electron chi connectivity index (χ0n) is 14.5. The predicted molar refractivity (Wildman–Crippen MR) is 113 cm³/mol. The second-order valence-corrected chi connectivity index (χ2v) is 5.72. The first-order chi connectivity index (χ1) is 11.7. The molecule has 0 amide bonds. The highest BCUT2D eigenvalue weighted by Gasteiger charge is 2.03. The predicted octanol–water partition coefficient (Wildman–Crippen LogP) is 4.25. The summed E-state index contributed by atoms with van der Waals surface area (Å²) in [4.78, 5) is 4.61. The normalized spacial score (nSPS) is 10.9. The van der Waals surface area contributed by atoms with Crippen molar-refractivity contribution in [3.8, 4) is 5.75 Å². The molecule has 0 aliphatic carbocycles. The van der Waals surface area contributed by atoms with Crippen LogP contribution >= 0.6 is 35.6 Å². The molecule has 0 unspecified atom stereocenters. The molecule has 138 valence electrons. The fourth-order valence-electron chi connectivity index (χ4n) is 2.16. The van der Waals surface area contributed by atoms with E-state index >= 15 is 0 Å². The number of benzene rings is 1. The van der Waals surface area contributed by atoms with Gasteiger partial charge in [0.05, 0.1) is 24.9 Å². The summed E-state index contributed by atoms with van der Waals surface area (Å²) in [7, 11) is 1.61. The standard InChI is InChI=1S/C18H24ClN3O2.HI/c1-3-9-20-18(21-10-8-15-5-4-11-24-15)22-13-14-6-7-17(23-2)16(19)12-14;/h4-7,11-12H,3,8-10,13H2,1-2H3,(H2,20,21,22);1H. The smallest absolute Gasteiger partial charge is 0.191 e. The first kappa shape index (κ1) is 21.6. The van der Waals surface area contributed by atoms with Gasteiger partial charge in [0.1, 0.15) is 11.5 Å². The van der Waals surface area contributed by atoms with Gasteiger partial charge in [-0.2, -0.15) is 0 Å². The van der Waals surface area contributed by atoms with Crippen LogP contribution in [0.5, 0.6) is 5.75 Å². The van der Waals surface area contributed by atoms with E-state index in [1.807, 2.05) is 30.3 Å². The van der Waals surface area contributed by atoms with Crippen molar-refractivity contribution in [3.05, 3.63) is 52.9 Å². The Bertz CT molecular complexity index is 648. The molecule has 0 fully saturated rings. The molecule has 1 heterocycles. The summed E-state index contributed by atoms with van der Waals surface area (Å²) >= 11 is 6.15. The average molecular weight is 478 g/mol. The fourth-order valence-corrected chi connectivity index (χ4v) is 2.44. The van der Waals surface area contributed by atoms with E-state index in [2.05, 4.69) is 22.5 Å². The molecular formula is C18H25ClIN3O2. The van der Waals surface area contributed by atoms with Crippen LogP contribution in [0, 0.1) is 0 Å². The highest BCUT2D eigenvalue weighted by Crippen LogP contribution is 2.25. The quantitative estimate of drug-likeness (QED) is 0.339. The SMILES string of the molecule is CCCNC(=NCc1ccc(OC)c(Cl)c1)NCCc1ccco1.I. The van der Waals surface area contributed by atoms with Gasteiger partial charge in [0.25, 0.3) is 0 Å². The number of nitrogens with one attached hydrogen (secondary N) is 2. The van der Waals surface area contributed by atoms with E-state index in [9.17, 15) is 0 Å². The minimum absolute atomic E-state index is 0. The molecule has 0 aliphatic heterocycles. The van der Waals surface area contributed by atoms with Gasteiger partial charge in [0, 0.05) is 19.5 Å². The Kier molecular flexibility index (Phi) is 10.4. The Labute approximate surface area is 171 Å². The summed E-state index contributed by atoms with van der Waals surface area (Å²) in [6, 6.07) is 9.57. The highest BCUT2D eigenvalue weighted by atomic mass is 127. The summed E-state index contributed by atoms with van der Waals surface area (Å²) in [6.45, 7) is 4.29. The third-order valence-electron chi connectivity index (χ3n) is 3.42. The van der Waals surface area contributed by atoms with E-state index in [-0.39, 0.29) is 24.0 Å². The zero-order valence-corrected chi connectivity index (χ0v) is 17.6. The molecular weight excluding hydrogens is 453 g/mol. The molecule has 5 nitrogen and oxygen atoms in total. The molecule has 0 saturated heterocycles. The van der Waals surface area contributed by atoms with Crippen LogP contribution < -0.4 is 15.4 Å². The van der Waals surface area contributed by atoms with E-state index in [0.29, 0.717) is 17.3 Å². The first-order valence-corrected chi connectivity index (χ1v) is 8.47. The summed E-state index contributed by atoms with van der Waals surface area (Å²) in [5.41, 5.74) is 1.03. The van der Waals surface area contributed by atoms with Crippen LogP contribution in [-0.4, -0.2) is 26.2 Å². The Morgan fingerprint density at radius 2 is 2.04 bits per heavy atom. The third-order valence-corrected chi connectivity index (χ3v) is 3.72. The van der Waals surface area contributed by atoms with Crippen LogP contribution in [0.1, 0.15) is 24.7 Å². The fraction of sp³-hybridized carbons (Fsp3) is 0.389. The maximum Gasteiger partial charge on any atom is 0.191 e. The molecule has 0 aliphatic rings. The number of rotatable bonds is 8. The van der Waals surface area contributed by atoms with Crippen LogP contribution in [-0.2, 0) is 13.0 Å². The van der Waals surface area contributed by atoms with Gasteiger partial charge >= 0.3 is 0 Å². The molecule has 2 rings (SSSR count). The number of furan rings is 1. The number of aliphatic imine (C=N–C) groups is 1. The molecule has 1 aromatic carbocycles. The second-order valence-electron chi connectivity index (χ2n) is 5.32. The van der Waals surface area contributed by atoms with E-state index in [1.54, 1.807) is 13.4 Å². The van der Waals surface area contributed by atoms with Crippen LogP contribution in [0.15, 0.2) is 46.0 Å². The highest BCUT2D eigenvalue weighted by molar-refractivity contribution is 14.0. The van der Waals surface area contributed by atoms with Crippen LogP contribution in [0.3, 0.4) is 0 Å². The Morgan fingerprint density at radius 3 is 2.68 bits per heavy atom. The molecule has 25 heavy (non-hydrogen) atoms. The number of ether oxygens (including phenoxy) is 1. The van der Waals surface area contributed by atoms with Crippen LogP contribution in [0.2, 0.25) is 5.02 Å². The number of nitrogens with zero attached hydrogens (tertiary/aromatic N) is 1. The molecule has 0 radical (unpaired) electrons. The molecule has 7 heteroatoms. The number of halogens is 2. The third kappa shape index (κ3) is 7.56. The topological polar surface area (TPSA) is 58.8 Å². The molecule has 2 N–H and O–H groups in total. The Hall–Kier alpha value is -1.41. The van der Waals surface area contributed by atoms with Crippen molar-refractivity contribution in [2.45, 2.75) is 26.3 Å². The van der Waals surface area contributed by atoms with Gasteiger partial charge in [-0.1, -0.05) is 24.6 Å². The van der Waals surface area contributed by atoms with Crippen LogP contribution in [0.25, 0.3) is 0 Å². The minimum atomic E-state index is 0. The summed E-state index contributed by atoms with van der Waals surface area (Å²) in [5.74, 6) is 2.42. The maximum absolute atomic E-state index is 6.15. The Balaban J connectivity index is 0.00000312. The summed E-state index contributed by atoms with van der Waals surface area (Å²) < 4.78 is 10.5.